The minimum atomic E-state index is -0.0785. The Labute approximate surface area is 181 Å². The van der Waals surface area contributed by atoms with Crippen molar-refractivity contribution in [3.05, 3.63) is 69.9 Å². The van der Waals surface area contributed by atoms with Crippen LogP contribution in [0.1, 0.15) is 62.3 Å². The summed E-state index contributed by atoms with van der Waals surface area (Å²) < 4.78 is 7.46. The number of hydrogen-bond acceptors (Lipinski definition) is 4. The minimum absolute atomic E-state index is 0.0785. The van der Waals surface area contributed by atoms with Crippen LogP contribution in [0.3, 0.4) is 0 Å². The molecule has 3 aromatic rings. The highest BCUT2D eigenvalue weighted by Crippen LogP contribution is 2.48. The first kappa shape index (κ1) is 19.7. The second kappa shape index (κ2) is 8.10. The first-order chi connectivity index (χ1) is 14.7. The molecule has 1 fully saturated rings. The smallest absolute Gasteiger partial charge is 0.258 e. The fraction of sp³-hybridized carbons (Fsp3) is 0.440. The molecule has 1 aromatic carbocycles. The number of furan rings is 1. The molecule has 156 valence electrons. The van der Waals surface area contributed by atoms with Crippen molar-refractivity contribution in [1.82, 2.24) is 9.55 Å². The van der Waals surface area contributed by atoms with Crippen molar-refractivity contribution in [1.29, 1.82) is 0 Å². The summed E-state index contributed by atoms with van der Waals surface area (Å²) in [6.45, 7) is 2.60. The lowest BCUT2D eigenvalue weighted by molar-refractivity contribution is 0.282. The molecule has 2 aliphatic rings. The van der Waals surface area contributed by atoms with Gasteiger partial charge in [0.15, 0.2) is 5.16 Å². The van der Waals surface area contributed by atoms with Crippen molar-refractivity contribution in [2.24, 2.45) is 0 Å². The van der Waals surface area contributed by atoms with E-state index in [2.05, 4.69) is 31.2 Å². The standard InChI is InChI=1S/C25H28N2O2S/c1-2-15-30-24-26-22-20-11-5-4-9-18(20)16-25(12-6-3-7-13-25)21(22)23(28)27(24)17-19-10-8-14-29-19/h4-5,8-11,14H,2-3,6-7,12-13,15-17H2,1H3. The summed E-state index contributed by atoms with van der Waals surface area (Å²) in [6.07, 6.45) is 9.45. The topological polar surface area (TPSA) is 48.0 Å². The Morgan fingerprint density at radius 3 is 2.73 bits per heavy atom. The van der Waals surface area contributed by atoms with Crippen molar-refractivity contribution in [3.63, 3.8) is 0 Å². The molecule has 0 bridgehead atoms. The van der Waals surface area contributed by atoms with Crippen molar-refractivity contribution < 1.29 is 4.42 Å². The van der Waals surface area contributed by atoms with Crippen LogP contribution in [0.25, 0.3) is 11.3 Å². The van der Waals surface area contributed by atoms with Crippen molar-refractivity contribution >= 4 is 11.8 Å². The summed E-state index contributed by atoms with van der Waals surface area (Å²) in [7, 11) is 0. The summed E-state index contributed by atoms with van der Waals surface area (Å²) in [5, 5.41) is 0.805. The van der Waals surface area contributed by atoms with Crippen molar-refractivity contribution in [2.45, 2.75) is 69.0 Å². The number of fused-ring (bicyclic) bond motifs is 4. The zero-order valence-electron chi connectivity index (χ0n) is 17.5. The largest absolute Gasteiger partial charge is 0.467 e. The summed E-state index contributed by atoms with van der Waals surface area (Å²) in [5.74, 6) is 1.74. The Bertz CT molecular complexity index is 1090. The fourth-order valence-corrected chi connectivity index (χ4v) is 6.07. The Hall–Kier alpha value is -2.27. The van der Waals surface area contributed by atoms with Crippen LogP contribution < -0.4 is 5.56 Å². The molecule has 0 aliphatic heterocycles. The van der Waals surface area contributed by atoms with Gasteiger partial charge in [-0.1, -0.05) is 62.2 Å². The third kappa shape index (κ3) is 3.33. The monoisotopic (exact) mass is 420 g/mol. The molecule has 0 unspecified atom stereocenters. The summed E-state index contributed by atoms with van der Waals surface area (Å²) in [6, 6.07) is 12.4. The van der Waals surface area contributed by atoms with Gasteiger partial charge in [0.2, 0.25) is 0 Å². The number of thioether (sulfide) groups is 1. The van der Waals surface area contributed by atoms with Gasteiger partial charge in [-0.15, -0.1) is 0 Å². The Morgan fingerprint density at radius 2 is 1.97 bits per heavy atom. The second-order valence-electron chi connectivity index (χ2n) is 8.61. The number of rotatable bonds is 5. The Morgan fingerprint density at radius 1 is 1.13 bits per heavy atom. The van der Waals surface area contributed by atoms with Gasteiger partial charge in [-0.25, -0.2) is 4.98 Å². The van der Waals surface area contributed by atoms with E-state index in [0.717, 1.165) is 59.2 Å². The van der Waals surface area contributed by atoms with E-state index in [9.17, 15) is 4.79 Å². The zero-order chi connectivity index (χ0) is 20.6. The highest BCUT2D eigenvalue weighted by molar-refractivity contribution is 7.99. The molecule has 1 saturated carbocycles. The lowest BCUT2D eigenvalue weighted by Gasteiger charge is -2.42. The van der Waals surface area contributed by atoms with Gasteiger partial charge in [-0.3, -0.25) is 9.36 Å². The maximum absolute atomic E-state index is 14.1. The van der Waals surface area contributed by atoms with Gasteiger partial charge in [-0.2, -0.15) is 0 Å². The van der Waals surface area contributed by atoms with Crippen LogP contribution in [0.2, 0.25) is 0 Å². The van der Waals surface area contributed by atoms with Crippen LogP contribution in [0.15, 0.2) is 57.0 Å². The van der Waals surface area contributed by atoms with Crippen LogP contribution in [0.5, 0.6) is 0 Å². The molecule has 2 aromatic heterocycles. The normalized spacial score (nSPS) is 17.0. The van der Waals surface area contributed by atoms with Crippen LogP contribution in [0.4, 0.5) is 0 Å². The molecular weight excluding hydrogens is 392 g/mol. The lowest BCUT2D eigenvalue weighted by atomic mass is 9.62. The molecule has 30 heavy (non-hydrogen) atoms. The molecular formula is C25H28N2O2S. The fourth-order valence-electron chi connectivity index (χ4n) is 5.22. The lowest BCUT2D eigenvalue weighted by Crippen LogP contribution is -2.43. The number of aromatic nitrogens is 2. The second-order valence-corrected chi connectivity index (χ2v) is 9.67. The molecule has 0 N–H and O–H groups in total. The maximum atomic E-state index is 14.1. The Balaban J connectivity index is 1.75. The third-order valence-corrected chi connectivity index (χ3v) is 7.79. The summed E-state index contributed by atoms with van der Waals surface area (Å²) in [5.41, 5.74) is 4.42. The number of nitrogens with zero attached hydrogens (tertiary/aromatic N) is 2. The zero-order valence-corrected chi connectivity index (χ0v) is 18.3. The van der Waals surface area contributed by atoms with Gasteiger partial charge in [0, 0.05) is 16.7 Å². The van der Waals surface area contributed by atoms with Gasteiger partial charge in [0.05, 0.1) is 24.1 Å². The molecule has 0 radical (unpaired) electrons. The molecule has 5 rings (SSSR count). The molecule has 5 heteroatoms. The highest BCUT2D eigenvalue weighted by Gasteiger charge is 2.43. The van der Waals surface area contributed by atoms with Gasteiger partial charge in [-0.05, 0) is 43.4 Å². The van der Waals surface area contributed by atoms with Crippen molar-refractivity contribution in [2.75, 3.05) is 5.75 Å². The average molecular weight is 421 g/mol. The van der Waals surface area contributed by atoms with Gasteiger partial charge in [0.25, 0.3) is 5.56 Å². The van der Waals surface area contributed by atoms with Crippen LogP contribution in [-0.4, -0.2) is 15.3 Å². The maximum Gasteiger partial charge on any atom is 0.258 e. The molecule has 1 spiro atoms. The van der Waals surface area contributed by atoms with E-state index >= 15 is 0 Å². The van der Waals surface area contributed by atoms with Gasteiger partial charge >= 0.3 is 0 Å². The first-order valence-electron chi connectivity index (χ1n) is 11.1. The van der Waals surface area contributed by atoms with E-state index < -0.39 is 0 Å². The van der Waals surface area contributed by atoms with Crippen LogP contribution in [-0.2, 0) is 18.4 Å². The summed E-state index contributed by atoms with van der Waals surface area (Å²) in [4.78, 5) is 19.2. The molecule has 0 amide bonds. The van der Waals surface area contributed by atoms with Crippen LogP contribution in [0, 0.1) is 0 Å². The van der Waals surface area contributed by atoms with E-state index in [0.29, 0.717) is 6.54 Å². The quantitative estimate of drug-likeness (QED) is 0.386. The van der Waals surface area contributed by atoms with E-state index in [1.807, 2.05) is 16.7 Å². The summed E-state index contributed by atoms with van der Waals surface area (Å²) >= 11 is 1.68. The molecule has 4 nitrogen and oxygen atoms in total. The van der Waals surface area contributed by atoms with E-state index in [1.165, 1.54) is 24.8 Å². The van der Waals surface area contributed by atoms with E-state index in [-0.39, 0.29) is 11.0 Å². The van der Waals surface area contributed by atoms with Crippen molar-refractivity contribution in [3.8, 4) is 11.3 Å². The highest BCUT2D eigenvalue weighted by atomic mass is 32.2. The number of hydrogen-bond donors (Lipinski definition) is 0. The SMILES string of the molecule is CCCSc1nc2c(c(=O)n1Cc1ccco1)C1(CCCCC1)Cc1ccccc1-2. The minimum Gasteiger partial charge on any atom is -0.467 e. The van der Waals surface area contributed by atoms with Gasteiger partial charge < -0.3 is 4.42 Å². The molecule has 0 atom stereocenters. The van der Waals surface area contributed by atoms with E-state index in [4.69, 9.17) is 9.40 Å². The first-order valence-corrected chi connectivity index (χ1v) is 12.1. The van der Waals surface area contributed by atoms with Gasteiger partial charge in [0.1, 0.15) is 5.76 Å². The third-order valence-electron chi connectivity index (χ3n) is 6.61. The predicted molar refractivity (Wildman–Crippen MR) is 121 cm³/mol. The molecule has 0 saturated heterocycles. The molecule has 2 aliphatic carbocycles. The average Bonchev–Trinajstić information content (AvgIpc) is 3.28. The van der Waals surface area contributed by atoms with E-state index in [1.54, 1.807) is 18.0 Å². The molecule has 2 heterocycles. The van der Waals surface area contributed by atoms with Crippen LogP contribution >= 0.6 is 11.8 Å². The number of benzene rings is 1. The predicted octanol–water partition coefficient (Wildman–Crippen LogP) is 5.81. The Kier molecular flexibility index (Phi) is 5.32.